The first-order valence-electron chi connectivity index (χ1n) is 9.59. The first-order valence-corrected chi connectivity index (χ1v) is 10.5. The molecule has 0 atom stereocenters. The van der Waals surface area contributed by atoms with Gasteiger partial charge in [-0.25, -0.2) is 4.79 Å². The molecule has 1 N–H and O–H groups in total. The second-order valence-electron chi connectivity index (χ2n) is 7.45. The average molecular weight is 377 g/mol. The summed E-state index contributed by atoms with van der Waals surface area (Å²) in [6.07, 6.45) is 6.38. The van der Waals surface area contributed by atoms with Crippen molar-refractivity contribution in [2.45, 2.75) is 62.5 Å². The standard InChI is InChI=1S/C20H28N2O3S/c1-14(2)26-18-16(13-15-7-5-8-15)9-6-10-17(18)19(23)21-25-20(24)22-11-3-4-12-22/h6,9-10,14-15H,3-5,7-8,11-13H2,1-2H3,(H,21,23). The molecule has 0 spiro atoms. The maximum absolute atomic E-state index is 12.7. The number of carbonyl (C=O) groups is 2. The summed E-state index contributed by atoms with van der Waals surface area (Å²) in [5.74, 6) is 0.379. The maximum atomic E-state index is 12.7. The normalized spacial score (nSPS) is 17.3. The van der Waals surface area contributed by atoms with Gasteiger partial charge in [0.2, 0.25) is 0 Å². The number of likely N-dealkylation sites (tertiary alicyclic amines) is 1. The fourth-order valence-electron chi connectivity index (χ4n) is 3.42. The Bertz CT molecular complexity index is 652. The van der Waals surface area contributed by atoms with E-state index in [2.05, 4.69) is 25.4 Å². The summed E-state index contributed by atoms with van der Waals surface area (Å²) >= 11 is 1.70. The lowest BCUT2D eigenvalue weighted by molar-refractivity contribution is 0.0448. The summed E-state index contributed by atoms with van der Waals surface area (Å²) in [6, 6.07) is 5.86. The van der Waals surface area contributed by atoms with E-state index in [-0.39, 0.29) is 5.91 Å². The highest BCUT2D eigenvalue weighted by Gasteiger charge is 2.24. The molecule has 0 aromatic heterocycles. The van der Waals surface area contributed by atoms with E-state index in [1.165, 1.54) is 24.8 Å². The van der Waals surface area contributed by atoms with E-state index in [4.69, 9.17) is 4.84 Å². The van der Waals surface area contributed by atoms with Gasteiger partial charge >= 0.3 is 6.09 Å². The lowest BCUT2D eigenvalue weighted by atomic mass is 9.81. The molecule has 1 aliphatic carbocycles. The Morgan fingerprint density at radius 1 is 1.23 bits per heavy atom. The summed E-state index contributed by atoms with van der Waals surface area (Å²) in [5.41, 5.74) is 4.18. The van der Waals surface area contributed by atoms with E-state index in [1.54, 1.807) is 16.7 Å². The van der Waals surface area contributed by atoms with Gasteiger partial charge in [0.05, 0.1) is 5.56 Å². The van der Waals surface area contributed by atoms with Gasteiger partial charge in [0.25, 0.3) is 5.91 Å². The molecule has 3 rings (SSSR count). The van der Waals surface area contributed by atoms with Crippen molar-refractivity contribution in [2.24, 2.45) is 5.92 Å². The number of benzene rings is 1. The molecule has 2 aliphatic rings. The number of thioether (sulfide) groups is 1. The van der Waals surface area contributed by atoms with Crippen molar-refractivity contribution in [1.29, 1.82) is 0 Å². The first kappa shape index (κ1) is 19.1. The minimum absolute atomic E-state index is 0.351. The van der Waals surface area contributed by atoms with Gasteiger partial charge in [0, 0.05) is 23.2 Å². The second kappa shape index (κ2) is 8.80. The van der Waals surface area contributed by atoms with E-state index in [0.717, 1.165) is 30.1 Å². The monoisotopic (exact) mass is 376 g/mol. The highest BCUT2D eigenvalue weighted by molar-refractivity contribution is 8.00. The molecule has 0 radical (unpaired) electrons. The Kier molecular flexibility index (Phi) is 6.46. The molecule has 1 aromatic rings. The average Bonchev–Trinajstić information content (AvgIpc) is 3.11. The topological polar surface area (TPSA) is 58.6 Å². The van der Waals surface area contributed by atoms with Gasteiger partial charge < -0.3 is 9.74 Å². The van der Waals surface area contributed by atoms with Crippen LogP contribution >= 0.6 is 11.8 Å². The molecule has 26 heavy (non-hydrogen) atoms. The minimum Gasteiger partial charge on any atom is -0.321 e. The summed E-state index contributed by atoms with van der Waals surface area (Å²) in [5, 5.41) is 0.372. The Labute approximate surface area is 159 Å². The number of nitrogens with one attached hydrogen (secondary N) is 1. The number of hydrogen-bond donors (Lipinski definition) is 1. The third kappa shape index (κ3) is 4.72. The molecule has 1 heterocycles. The molecule has 142 valence electrons. The number of carbonyl (C=O) groups excluding carboxylic acids is 2. The minimum atomic E-state index is -0.473. The first-order chi connectivity index (χ1) is 12.5. The van der Waals surface area contributed by atoms with Crippen LogP contribution in [-0.4, -0.2) is 35.2 Å². The number of hydrogen-bond acceptors (Lipinski definition) is 4. The molecule has 5 nitrogen and oxygen atoms in total. The van der Waals surface area contributed by atoms with E-state index in [0.29, 0.717) is 23.9 Å². The maximum Gasteiger partial charge on any atom is 0.434 e. The third-order valence-corrected chi connectivity index (χ3v) is 6.21. The van der Waals surface area contributed by atoms with Crippen LogP contribution in [0.2, 0.25) is 0 Å². The van der Waals surface area contributed by atoms with Crippen molar-refractivity contribution in [2.75, 3.05) is 13.1 Å². The summed E-state index contributed by atoms with van der Waals surface area (Å²) in [6.45, 7) is 5.64. The van der Waals surface area contributed by atoms with Gasteiger partial charge in [-0.3, -0.25) is 4.79 Å². The van der Waals surface area contributed by atoms with E-state index in [9.17, 15) is 9.59 Å². The number of hydroxylamine groups is 1. The van der Waals surface area contributed by atoms with Crippen molar-refractivity contribution in [3.05, 3.63) is 29.3 Å². The van der Waals surface area contributed by atoms with Gasteiger partial charge in [0.1, 0.15) is 0 Å². The van der Waals surface area contributed by atoms with Crippen molar-refractivity contribution < 1.29 is 14.4 Å². The molecule has 0 bridgehead atoms. The summed E-state index contributed by atoms with van der Waals surface area (Å²) in [4.78, 5) is 32.3. The van der Waals surface area contributed by atoms with Crippen LogP contribution in [0, 0.1) is 5.92 Å². The van der Waals surface area contributed by atoms with Gasteiger partial charge in [-0.1, -0.05) is 45.2 Å². The fourth-order valence-corrected chi connectivity index (χ4v) is 4.48. The molecule has 1 saturated heterocycles. The predicted octanol–water partition coefficient (Wildman–Crippen LogP) is 4.41. The predicted molar refractivity (Wildman–Crippen MR) is 103 cm³/mol. The van der Waals surface area contributed by atoms with Crippen LogP contribution in [0.15, 0.2) is 23.1 Å². The number of rotatable bonds is 5. The lowest BCUT2D eigenvalue weighted by Crippen LogP contribution is -2.35. The second-order valence-corrected chi connectivity index (χ2v) is 9.04. The van der Waals surface area contributed by atoms with Crippen LogP contribution in [0.3, 0.4) is 0 Å². The zero-order chi connectivity index (χ0) is 18.5. The highest BCUT2D eigenvalue weighted by atomic mass is 32.2. The fraction of sp³-hybridized carbons (Fsp3) is 0.600. The Morgan fingerprint density at radius 2 is 1.96 bits per heavy atom. The van der Waals surface area contributed by atoms with E-state index >= 15 is 0 Å². The highest BCUT2D eigenvalue weighted by Crippen LogP contribution is 2.36. The Morgan fingerprint density at radius 3 is 2.58 bits per heavy atom. The van der Waals surface area contributed by atoms with Gasteiger partial charge in [-0.2, -0.15) is 5.48 Å². The van der Waals surface area contributed by atoms with Gasteiger partial charge in [-0.05, 0) is 36.8 Å². The zero-order valence-corrected chi connectivity index (χ0v) is 16.4. The van der Waals surface area contributed by atoms with Crippen LogP contribution in [0.4, 0.5) is 4.79 Å². The van der Waals surface area contributed by atoms with Crippen molar-refractivity contribution in [3.8, 4) is 0 Å². The van der Waals surface area contributed by atoms with Gasteiger partial charge in [-0.15, -0.1) is 11.8 Å². The molecular formula is C20H28N2O3S. The number of nitrogens with zero attached hydrogens (tertiary/aromatic N) is 1. The molecule has 2 amide bonds. The zero-order valence-electron chi connectivity index (χ0n) is 15.6. The smallest absolute Gasteiger partial charge is 0.321 e. The summed E-state index contributed by atoms with van der Waals surface area (Å²) < 4.78 is 0. The largest absolute Gasteiger partial charge is 0.434 e. The van der Waals surface area contributed by atoms with Crippen molar-refractivity contribution in [1.82, 2.24) is 10.4 Å². The quantitative estimate of drug-likeness (QED) is 0.611. The summed E-state index contributed by atoms with van der Waals surface area (Å²) in [7, 11) is 0. The molecule has 1 aromatic carbocycles. The van der Waals surface area contributed by atoms with Gasteiger partial charge in [0.15, 0.2) is 0 Å². The number of amides is 2. The van der Waals surface area contributed by atoms with Crippen LogP contribution in [-0.2, 0) is 11.3 Å². The van der Waals surface area contributed by atoms with Crippen molar-refractivity contribution >= 4 is 23.8 Å². The Hall–Kier alpha value is -1.69. The molecule has 1 saturated carbocycles. The third-order valence-electron chi connectivity index (χ3n) is 5.02. The van der Waals surface area contributed by atoms with E-state index in [1.807, 2.05) is 12.1 Å². The van der Waals surface area contributed by atoms with Crippen LogP contribution < -0.4 is 5.48 Å². The molecule has 6 heteroatoms. The molecule has 2 fully saturated rings. The lowest BCUT2D eigenvalue weighted by Gasteiger charge is -2.27. The molecule has 1 aliphatic heterocycles. The molecule has 0 unspecified atom stereocenters. The van der Waals surface area contributed by atoms with Crippen LogP contribution in [0.1, 0.15) is 61.9 Å². The van der Waals surface area contributed by atoms with Crippen molar-refractivity contribution in [3.63, 3.8) is 0 Å². The SMILES string of the molecule is CC(C)Sc1c(CC2CCC2)cccc1C(=O)NOC(=O)N1CCCC1. The van der Waals surface area contributed by atoms with E-state index < -0.39 is 6.09 Å². The van der Waals surface area contributed by atoms with Crippen LogP contribution in [0.25, 0.3) is 0 Å². The Balaban J connectivity index is 1.70. The van der Waals surface area contributed by atoms with Crippen LogP contribution in [0.5, 0.6) is 0 Å². The molecular weight excluding hydrogens is 348 g/mol.